The molecule has 19 heavy (non-hydrogen) atoms. The highest BCUT2D eigenvalue weighted by Crippen LogP contribution is 2.06. The van der Waals surface area contributed by atoms with E-state index in [0.717, 1.165) is 11.1 Å². The number of pyridine rings is 1. The van der Waals surface area contributed by atoms with Gasteiger partial charge in [-0.1, -0.05) is 30.3 Å². The molecule has 0 unspecified atom stereocenters. The zero-order valence-corrected chi connectivity index (χ0v) is 11.3. The number of aryl methyl sites for hydroxylation is 1. The van der Waals surface area contributed by atoms with Crippen LogP contribution in [0.2, 0.25) is 0 Å². The predicted molar refractivity (Wildman–Crippen MR) is 77.2 cm³/mol. The third-order valence-corrected chi connectivity index (χ3v) is 4.02. The number of nitrogens with zero attached hydrogens (tertiary/aromatic N) is 1. The molecule has 0 saturated heterocycles. The standard InChI is InChI=1S/C15H15NO2S/c17-19(18,12-8-14-4-2-1-3-5-14)13-9-15-6-10-16-11-7-15/h1-8,10-12H,9,13H2. The summed E-state index contributed by atoms with van der Waals surface area (Å²) in [4.78, 5) is 3.90. The molecule has 0 atom stereocenters. The molecule has 2 rings (SSSR count). The quantitative estimate of drug-likeness (QED) is 0.841. The topological polar surface area (TPSA) is 47.0 Å². The van der Waals surface area contributed by atoms with Gasteiger partial charge in [-0.2, -0.15) is 0 Å². The van der Waals surface area contributed by atoms with Crippen molar-refractivity contribution >= 4 is 15.9 Å². The van der Waals surface area contributed by atoms with Crippen molar-refractivity contribution in [1.29, 1.82) is 0 Å². The molecule has 0 N–H and O–H groups in total. The van der Waals surface area contributed by atoms with Crippen molar-refractivity contribution in [3.05, 3.63) is 71.4 Å². The maximum absolute atomic E-state index is 11.9. The van der Waals surface area contributed by atoms with Crippen LogP contribution in [0.25, 0.3) is 6.08 Å². The van der Waals surface area contributed by atoms with E-state index >= 15 is 0 Å². The molecule has 2 aromatic rings. The Morgan fingerprint density at radius 1 is 1.00 bits per heavy atom. The van der Waals surface area contributed by atoms with Gasteiger partial charge in [-0.15, -0.1) is 0 Å². The lowest BCUT2D eigenvalue weighted by Crippen LogP contribution is -2.05. The number of aromatic nitrogens is 1. The van der Waals surface area contributed by atoms with E-state index in [-0.39, 0.29) is 5.75 Å². The van der Waals surface area contributed by atoms with Gasteiger partial charge in [0.2, 0.25) is 0 Å². The Labute approximate surface area is 113 Å². The van der Waals surface area contributed by atoms with Crippen LogP contribution in [-0.2, 0) is 16.3 Å². The fourth-order valence-electron chi connectivity index (χ4n) is 1.62. The second-order valence-corrected chi connectivity index (χ2v) is 6.19. The number of benzene rings is 1. The minimum Gasteiger partial charge on any atom is -0.265 e. The Morgan fingerprint density at radius 3 is 2.37 bits per heavy atom. The van der Waals surface area contributed by atoms with Gasteiger partial charge in [0.05, 0.1) is 5.75 Å². The molecule has 0 aliphatic carbocycles. The van der Waals surface area contributed by atoms with Crippen molar-refractivity contribution in [1.82, 2.24) is 4.98 Å². The van der Waals surface area contributed by atoms with Crippen molar-refractivity contribution < 1.29 is 8.42 Å². The normalized spacial score (nSPS) is 11.8. The van der Waals surface area contributed by atoms with E-state index < -0.39 is 9.84 Å². The van der Waals surface area contributed by atoms with Crippen LogP contribution in [0, 0.1) is 0 Å². The second kappa shape index (κ2) is 6.29. The van der Waals surface area contributed by atoms with E-state index in [1.165, 1.54) is 5.41 Å². The molecule has 0 amide bonds. The predicted octanol–water partition coefficient (Wildman–Crippen LogP) is 2.71. The lowest BCUT2D eigenvalue weighted by molar-refractivity contribution is 0.604. The summed E-state index contributed by atoms with van der Waals surface area (Å²) in [6.45, 7) is 0. The largest absolute Gasteiger partial charge is 0.265 e. The second-order valence-electron chi connectivity index (χ2n) is 4.19. The molecule has 0 aliphatic heterocycles. The Hall–Kier alpha value is -1.94. The van der Waals surface area contributed by atoms with Gasteiger partial charge >= 0.3 is 0 Å². The summed E-state index contributed by atoms with van der Waals surface area (Å²) in [6.07, 6.45) is 5.47. The molecule has 4 heteroatoms. The van der Waals surface area contributed by atoms with Crippen LogP contribution in [0.3, 0.4) is 0 Å². The van der Waals surface area contributed by atoms with Crippen LogP contribution in [0.5, 0.6) is 0 Å². The summed E-state index contributed by atoms with van der Waals surface area (Å²) in [7, 11) is -3.18. The smallest absolute Gasteiger partial charge is 0.171 e. The molecular weight excluding hydrogens is 258 g/mol. The zero-order chi connectivity index (χ0) is 13.6. The summed E-state index contributed by atoms with van der Waals surface area (Å²) < 4.78 is 23.7. The van der Waals surface area contributed by atoms with Gasteiger partial charge in [-0.3, -0.25) is 4.98 Å². The molecule has 1 heterocycles. The summed E-state index contributed by atoms with van der Waals surface area (Å²) >= 11 is 0. The molecule has 98 valence electrons. The van der Waals surface area contributed by atoms with Gasteiger partial charge in [0.15, 0.2) is 9.84 Å². The lowest BCUT2D eigenvalue weighted by atomic mass is 10.2. The SMILES string of the molecule is O=S(=O)(C=Cc1ccccc1)CCc1ccncc1. The molecule has 1 aromatic heterocycles. The van der Waals surface area contributed by atoms with E-state index in [1.54, 1.807) is 18.5 Å². The molecular formula is C15H15NO2S. The third kappa shape index (κ3) is 4.67. The first kappa shape index (κ1) is 13.5. The van der Waals surface area contributed by atoms with Crippen molar-refractivity contribution in [3.63, 3.8) is 0 Å². The number of hydrogen-bond donors (Lipinski definition) is 0. The highest BCUT2D eigenvalue weighted by molar-refractivity contribution is 7.94. The first-order valence-corrected chi connectivity index (χ1v) is 7.72. The monoisotopic (exact) mass is 273 g/mol. The Morgan fingerprint density at radius 2 is 1.68 bits per heavy atom. The molecule has 3 nitrogen and oxygen atoms in total. The maximum Gasteiger partial charge on any atom is 0.171 e. The Kier molecular flexibility index (Phi) is 4.47. The van der Waals surface area contributed by atoms with Gasteiger partial charge in [0.25, 0.3) is 0 Å². The van der Waals surface area contributed by atoms with E-state index in [2.05, 4.69) is 4.98 Å². The summed E-state index contributed by atoms with van der Waals surface area (Å²) in [5, 5.41) is 1.28. The third-order valence-electron chi connectivity index (χ3n) is 2.69. The Bertz CT molecular complexity index is 634. The molecule has 0 saturated carbocycles. The molecule has 0 fully saturated rings. The number of sulfone groups is 1. The maximum atomic E-state index is 11.9. The van der Waals surface area contributed by atoms with Gasteiger partial charge in [0.1, 0.15) is 0 Å². The Balaban J connectivity index is 1.98. The number of rotatable bonds is 5. The van der Waals surface area contributed by atoms with Crippen LogP contribution in [0.15, 0.2) is 60.3 Å². The zero-order valence-electron chi connectivity index (χ0n) is 10.4. The van der Waals surface area contributed by atoms with E-state index in [4.69, 9.17) is 0 Å². The fourth-order valence-corrected chi connectivity index (χ4v) is 2.64. The van der Waals surface area contributed by atoms with Gasteiger partial charge in [-0.05, 0) is 35.8 Å². The molecule has 0 radical (unpaired) electrons. The fraction of sp³-hybridized carbons (Fsp3) is 0.133. The number of hydrogen-bond acceptors (Lipinski definition) is 3. The molecule has 0 aliphatic rings. The summed E-state index contributed by atoms with van der Waals surface area (Å²) in [5.41, 5.74) is 1.86. The van der Waals surface area contributed by atoms with Crippen molar-refractivity contribution in [2.24, 2.45) is 0 Å². The molecule has 0 spiro atoms. The minimum atomic E-state index is -3.18. The van der Waals surface area contributed by atoms with Crippen molar-refractivity contribution in [3.8, 4) is 0 Å². The minimum absolute atomic E-state index is 0.111. The van der Waals surface area contributed by atoms with E-state index in [9.17, 15) is 8.42 Å². The highest BCUT2D eigenvalue weighted by Gasteiger charge is 2.06. The van der Waals surface area contributed by atoms with Crippen LogP contribution in [-0.4, -0.2) is 19.2 Å². The van der Waals surface area contributed by atoms with E-state index in [0.29, 0.717) is 6.42 Å². The van der Waals surface area contributed by atoms with Crippen LogP contribution in [0.1, 0.15) is 11.1 Å². The van der Waals surface area contributed by atoms with Crippen molar-refractivity contribution in [2.45, 2.75) is 6.42 Å². The lowest BCUT2D eigenvalue weighted by Gasteiger charge is -2.00. The molecule has 1 aromatic carbocycles. The van der Waals surface area contributed by atoms with Crippen LogP contribution in [0.4, 0.5) is 0 Å². The molecule has 0 bridgehead atoms. The first-order chi connectivity index (χ1) is 9.16. The van der Waals surface area contributed by atoms with Crippen molar-refractivity contribution in [2.75, 3.05) is 5.75 Å². The van der Waals surface area contributed by atoms with Gasteiger partial charge < -0.3 is 0 Å². The highest BCUT2D eigenvalue weighted by atomic mass is 32.2. The average molecular weight is 273 g/mol. The van der Waals surface area contributed by atoms with Crippen LogP contribution >= 0.6 is 0 Å². The first-order valence-electron chi connectivity index (χ1n) is 6.00. The average Bonchev–Trinajstić information content (AvgIpc) is 2.46. The summed E-state index contributed by atoms with van der Waals surface area (Å²) in [5.74, 6) is 0.111. The van der Waals surface area contributed by atoms with E-state index in [1.807, 2.05) is 42.5 Å². The van der Waals surface area contributed by atoms with Gasteiger partial charge in [0, 0.05) is 17.8 Å². The van der Waals surface area contributed by atoms with Crippen LogP contribution < -0.4 is 0 Å². The van der Waals surface area contributed by atoms with Gasteiger partial charge in [-0.25, -0.2) is 8.42 Å². The summed E-state index contributed by atoms with van der Waals surface area (Å²) in [6, 6.07) is 13.1.